The Bertz CT molecular complexity index is 781. The summed E-state index contributed by atoms with van der Waals surface area (Å²) in [7, 11) is 0. The normalized spacial score (nSPS) is 10.6. The van der Waals surface area contributed by atoms with Crippen LogP contribution in [0.2, 0.25) is 0 Å². The lowest BCUT2D eigenvalue weighted by Gasteiger charge is -2.06. The highest BCUT2D eigenvalue weighted by atomic mass is 32.1. The first-order chi connectivity index (χ1) is 11.3. The van der Waals surface area contributed by atoms with Crippen LogP contribution in [0.3, 0.4) is 0 Å². The van der Waals surface area contributed by atoms with Gasteiger partial charge in [0.05, 0.1) is 11.1 Å². The van der Waals surface area contributed by atoms with E-state index in [2.05, 4.69) is 15.8 Å². The number of nitrogens with zero attached hydrogens (tertiary/aromatic N) is 1. The summed E-state index contributed by atoms with van der Waals surface area (Å²) in [5.74, 6) is -0.196. The molecule has 0 spiro atoms. The van der Waals surface area contributed by atoms with Crippen molar-refractivity contribution in [2.24, 2.45) is 5.10 Å². The van der Waals surface area contributed by atoms with E-state index in [1.807, 2.05) is 66.0 Å². The fraction of sp³-hybridized carbons (Fsp3) is 0. The molecule has 1 aromatic heterocycles. The maximum Gasteiger partial charge on any atom is 0.281 e. The van der Waals surface area contributed by atoms with Gasteiger partial charge in [0.1, 0.15) is 0 Å². The minimum absolute atomic E-state index is 0.196. The lowest BCUT2D eigenvalue weighted by Crippen LogP contribution is -2.16. The number of rotatable bonds is 5. The molecule has 1 amide bonds. The Hall–Kier alpha value is -2.92. The smallest absolute Gasteiger partial charge is 0.281 e. The minimum atomic E-state index is -0.196. The van der Waals surface area contributed by atoms with Crippen LogP contribution in [0.5, 0.6) is 0 Å². The molecule has 3 rings (SSSR count). The van der Waals surface area contributed by atoms with E-state index in [9.17, 15) is 4.79 Å². The minimum Gasteiger partial charge on any atom is -0.356 e. The number of para-hydroxylation sites is 1. The second-order valence-corrected chi connectivity index (χ2v) is 5.74. The summed E-state index contributed by atoms with van der Waals surface area (Å²) in [6, 6.07) is 21.4. The molecule has 1 heterocycles. The van der Waals surface area contributed by atoms with E-state index in [-0.39, 0.29) is 5.91 Å². The zero-order valence-corrected chi connectivity index (χ0v) is 13.1. The Balaban J connectivity index is 1.57. The summed E-state index contributed by atoms with van der Waals surface area (Å²) < 4.78 is 0. The molecule has 5 heteroatoms. The van der Waals surface area contributed by atoms with Crippen molar-refractivity contribution in [3.05, 3.63) is 82.6 Å². The summed E-state index contributed by atoms with van der Waals surface area (Å²) in [4.78, 5) is 12.4. The molecule has 0 bridgehead atoms. The molecule has 2 aromatic carbocycles. The highest BCUT2D eigenvalue weighted by molar-refractivity contribution is 7.12. The van der Waals surface area contributed by atoms with Gasteiger partial charge in [0.2, 0.25) is 0 Å². The van der Waals surface area contributed by atoms with Gasteiger partial charge in [0.15, 0.2) is 0 Å². The highest BCUT2D eigenvalue weighted by Crippen LogP contribution is 2.16. The lowest BCUT2D eigenvalue weighted by atomic mass is 10.2. The van der Waals surface area contributed by atoms with Crippen LogP contribution in [-0.2, 0) is 0 Å². The number of hydrazone groups is 1. The molecular weight excluding hydrogens is 306 g/mol. The Morgan fingerprint density at radius 2 is 1.65 bits per heavy atom. The van der Waals surface area contributed by atoms with Crippen LogP contribution in [0.15, 0.2) is 77.2 Å². The second kappa shape index (κ2) is 7.38. The van der Waals surface area contributed by atoms with Gasteiger partial charge in [-0.3, -0.25) is 4.79 Å². The van der Waals surface area contributed by atoms with E-state index in [4.69, 9.17) is 0 Å². The van der Waals surface area contributed by atoms with Crippen molar-refractivity contribution in [3.63, 3.8) is 0 Å². The Morgan fingerprint density at radius 3 is 2.35 bits per heavy atom. The SMILES string of the molecule is O=C(N/N=C/c1ccc(Nc2ccccc2)cc1)c1cccs1. The average molecular weight is 321 g/mol. The van der Waals surface area contributed by atoms with Crippen LogP contribution in [-0.4, -0.2) is 12.1 Å². The van der Waals surface area contributed by atoms with Gasteiger partial charge < -0.3 is 5.32 Å². The van der Waals surface area contributed by atoms with Gasteiger partial charge in [-0.1, -0.05) is 36.4 Å². The van der Waals surface area contributed by atoms with E-state index >= 15 is 0 Å². The fourth-order valence-corrected chi connectivity index (χ4v) is 2.58. The van der Waals surface area contributed by atoms with Crippen LogP contribution < -0.4 is 10.7 Å². The molecule has 0 saturated heterocycles. The highest BCUT2D eigenvalue weighted by Gasteiger charge is 2.03. The van der Waals surface area contributed by atoms with E-state index in [0.717, 1.165) is 16.9 Å². The molecule has 0 unspecified atom stereocenters. The van der Waals surface area contributed by atoms with Gasteiger partial charge in [0.25, 0.3) is 5.91 Å². The molecule has 2 N–H and O–H groups in total. The van der Waals surface area contributed by atoms with Gasteiger partial charge in [-0.15, -0.1) is 11.3 Å². The number of hydrogen-bond acceptors (Lipinski definition) is 4. The quantitative estimate of drug-likeness (QED) is 0.545. The number of amides is 1. The van der Waals surface area contributed by atoms with Crippen LogP contribution in [0.25, 0.3) is 0 Å². The number of benzene rings is 2. The molecule has 23 heavy (non-hydrogen) atoms. The van der Waals surface area contributed by atoms with Crippen molar-refractivity contribution in [1.29, 1.82) is 0 Å². The topological polar surface area (TPSA) is 53.5 Å². The molecule has 114 valence electrons. The number of nitrogens with one attached hydrogen (secondary N) is 2. The number of thiophene rings is 1. The summed E-state index contributed by atoms with van der Waals surface area (Å²) in [6.45, 7) is 0. The standard InChI is InChI=1S/C18H15N3OS/c22-18(17-7-4-12-23-17)21-19-13-14-8-10-16(11-9-14)20-15-5-2-1-3-6-15/h1-13,20H,(H,21,22)/b19-13+. The molecule has 0 atom stereocenters. The molecule has 0 aliphatic carbocycles. The van der Waals surface area contributed by atoms with E-state index in [1.165, 1.54) is 11.3 Å². The van der Waals surface area contributed by atoms with Gasteiger partial charge in [0, 0.05) is 11.4 Å². The van der Waals surface area contributed by atoms with E-state index < -0.39 is 0 Å². The first-order valence-electron chi connectivity index (χ1n) is 7.10. The molecule has 0 saturated carbocycles. The number of anilines is 2. The van der Waals surface area contributed by atoms with Crippen molar-refractivity contribution in [2.45, 2.75) is 0 Å². The number of hydrogen-bond donors (Lipinski definition) is 2. The predicted octanol–water partition coefficient (Wildman–Crippen LogP) is 4.26. The molecule has 0 fully saturated rings. The molecule has 3 aromatic rings. The first-order valence-corrected chi connectivity index (χ1v) is 7.98. The largest absolute Gasteiger partial charge is 0.356 e. The van der Waals surface area contributed by atoms with Gasteiger partial charge in [-0.25, -0.2) is 5.43 Å². The first kappa shape index (κ1) is 15.0. The predicted molar refractivity (Wildman–Crippen MR) is 95.5 cm³/mol. The van der Waals surface area contributed by atoms with Crippen molar-refractivity contribution in [1.82, 2.24) is 5.43 Å². The second-order valence-electron chi connectivity index (χ2n) is 4.79. The van der Waals surface area contributed by atoms with Gasteiger partial charge in [-0.2, -0.15) is 5.10 Å². The fourth-order valence-electron chi connectivity index (χ4n) is 1.97. The van der Waals surface area contributed by atoms with Crippen molar-refractivity contribution >= 4 is 34.8 Å². The Labute approximate surface area is 138 Å². The average Bonchev–Trinajstić information content (AvgIpc) is 3.12. The van der Waals surface area contributed by atoms with Gasteiger partial charge in [-0.05, 0) is 41.3 Å². The molecule has 0 radical (unpaired) electrons. The van der Waals surface area contributed by atoms with E-state index in [1.54, 1.807) is 12.3 Å². The number of carbonyl (C=O) groups excluding carboxylic acids is 1. The summed E-state index contributed by atoms with van der Waals surface area (Å²) >= 11 is 1.39. The lowest BCUT2D eigenvalue weighted by molar-refractivity contribution is 0.0959. The molecule has 4 nitrogen and oxygen atoms in total. The third-order valence-corrected chi connectivity index (χ3v) is 3.97. The van der Waals surface area contributed by atoms with Crippen LogP contribution in [0.1, 0.15) is 15.2 Å². The summed E-state index contributed by atoms with van der Waals surface area (Å²) in [5, 5.41) is 9.14. The third-order valence-electron chi connectivity index (χ3n) is 3.10. The van der Waals surface area contributed by atoms with Crippen LogP contribution in [0.4, 0.5) is 11.4 Å². The van der Waals surface area contributed by atoms with Crippen LogP contribution in [0, 0.1) is 0 Å². The van der Waals surface area contributed by atoms with Crippen LogP contribution >= 0.6 is 11.3 Å². The monoisotopic (exact) mass is 321 g/mol. The maximum atomic E-state index is 11.7. The Kier molecular flexibility index (Phi) is 4.81. The van der Waals surface area contributed by atoms with E-state index in [0.29, 0.717) is 4.88 Å². The molecular formula is C18H15N3OS. The number of carbonyl (C=O) groups is 1. The summed E-state index contributed by atoms with van der Waals surface area (Å²) in [6.07, 6.45) is 1.62. The zero-order valence-electron chi connectivity index (χ0n) is 12.3. The summed E-state index contributed by atoms with van der Waals surface area (Å²) in [5.41, 5.74) is 5.46. The van der Waals surface area contributed by atoms with Crippen molar-refractivity contribution in [3.8, 4) is 0 Å². The van der Waals surface area contributed by atoms with Gasteiger partial charge >= 0.3 is 0 Å². The zero-order chi connectivity index (χ0) is 15.9. The Morgan fingerprint density at radius 1 is 0.913 bits per heavy atom. The molecule has 0 aliphatic rings. The third kappa shape index (κ3) is 4.28. The van der Waals surface area contributed by atoms with Crippen molar-refractivity contribution < 1.29 is 4.79 Å². The molecule has 0 aliphatic heterocycles. The van der Waals surface area contributed by atoms with Crippen molar-refractivity contribution in [2.75, 3.05) is 5.32 Å². The maximum absolute atomic E-state index is 11.7.